The van der Waals surface area contributed by atoms with E-state index in [0.717, 1.165) is 19.3 Å². The highest BCUT2D eigenvalue weighted by atomic mass is 16.3. The molecule has 1 fully saturated rings. The number of aliphatic hydroxyl groups excluding tert-OH is 1. The normalized spacial score (nSPS) is 21.6. The standard InChI is InChI=1S/C14H25NO3/c1-13(2,3)11(16)10-14(4,18)12(17)15-8-6-5-7-9-15/h10,16,18H,5-9H2,1-4H3/b11-10-. The van der Waals surface area contributed by atoms with Crippen molar-refractivity contribution < 1.29 is 15.0 Å². The molecule has 1 rings (SSSR count). The van der Waals surface area contributed by atoms with Crippen LogP contribution in [-0.4, -0.2) is 39.7 Å². The predicted molar refractivity (Wildman–Crippen MR) is 71.2 cm³/mol. The summed E-state index contributed by atoms with van der Waals surface area (Å²) in [7, 11) is 0. The lowest BCUT2D eigenvalue weighted by Gasteiger charge is -2.32. The maximum atomic E-state index is 12.2. The first-order valence-electron chi connectivity index (χ1n) is 6.58. The van der Waals surface area contributed by atoms with E-state index in [2.05, 4.69) is 0 Å². The van der Waals surface area contributed by atoms with Crippen molar-refractivity contribution in [3.05, 3.63) is 11.8 Å². The molecule has 0 spiro atoms. The van der Waals surface area contributed by atoms with E-state index in [0.29, 0.717) is 13.1 Å². The van der Waals surface area contributed by atoms with E-state index in [4.69, 9.17) is 0 Å². The van der Waals surface area contributed by atoms with Gasteiger partial charge in [-0.15, -0.1) is 0 Å². The van der Waals surface area contributed by atoms with Gasteiger partial charge in [0.2, 0.25) is 0 Å². The van der Waals surface area contributed by atoms with Crippen LogP contribution >= 0.6 is 0 Å². The van der Waals surface area contributed by atoms with Crippen LogP contribution in [0.1, 0.15) is 47.0 Å². The summed E-state index contributed by atoms with van der Waals surface area (Å²) in [6.07, 6.45) is 4.37. The summed E-state index contributed by atoms with van der Waals surface area (Å²) in [4.78, 5) is 13.9. The zero-order valence-electron chi connectivity index (χ0n) is 11.9. The average Bonchev–Trinajstić information content (AvgIpc) is 2.27. The topological polar surface area (TPSA) is 60.8 Å². The second-order valence-electron chi connectivity index (χ2n) is 6.28. The van der Waals surface area contributed by atoms with E-state index >= 15 is 0 Å². The van der Waals surface area contributed by atoms with Crippen LogP contribution in [0.15, 0.2) is 11.8 Å². The minimum atomic E-state index is -1.63. The molecule has 0 aromatic heterocycles. The molecule has 4 heteroatoms. The molecule has 0 aromatic rings. The minimum Gasteiger partial charge on any atom is -0.512 e. The van der Waals surface area contributed by atoms with Gasteiger partial charge in [-0.3, -0.25) is 4.79 Å². The Kier molecular flexibility index (Phi) is 4.43. The summed E-state index contributed by atoms with van der Waals surface area (Å²) in [6, 6.07) is 0. The maximum Gasteiger partial charge on any atom is 0.258 e. The molecule has 0 aromatic carbocycles. The number of piperidine rings is 1. The monoisotopic (exact) mass is 255 g/mol. The molecule has 1 heterocycles. The molecular formula is C14H25NO3. The van der Waals surface area contributed by atoms with Gasteiger partial charge in [0, 0.05) is 18.5 Å². The van der Waals surface area contributed by atoms with Crippen molar-refractivity contribution in [3.8, 4) is 0 Å². The Hall–Kier alpha value is -1.03. The summed E-state index contributed by atoms with van der Waals surface area (Å²) in [6.45, 7) is 8.32. The number of allylic oxidation sites excluding steroid dienone is 1. The van der Waals surface area contributed by atoms with Crippen LogP contribution in [0.25, 0.3) is 0 Å². The van der Waals surface area contributed by atoms with Gasteiger partial charge in [-0.05, 0) is 32.3 Å². The number of carbonyl (C=O) groups excluding carboxylic acids is 1. The first kappa shape index (κ1) is 15.0. The molecule has 1 aliphatic rings. The summed E-state index contributed by atoms with van der Waals surface area (Å²) in [5, 5.41) is 20.1. The highest BCUT2D eigenvalue weighted by Gasteiger charge is 2.35. The van der Waals surface area contributed by atoms with Gasteiger partial charge in [0.25, 0.3) is 5.91 Å². The first-order chi connectivity index (χ1) is 8.14. The Balaban J connectivity index is 2.82. The van der Waals surface area contributed by atoms with Crippen molar-refractivity contribution in [2.45, 2.75) is 52.6 Å². The predicted octanol–water partition coefficient (Wildman–Crippen LogP) is 2.24. The van der Waals surface area contributed by atoms with Gasteiger partial charge in [-0.2, -0.15) is 0 Å². The van der Waals surface area contributed by atoms with Crippen molar-refractivity contribution in [1.82, 2.24) is 4.90 Å². The average molecular weight is 255 g/mol. The van der Waals surface area contributed by atoms with E-state index in [1.807, 2.05) is 20.8 Å². The lowest BCUT2D eigenvalue weighted by atomic mass is 9.90. The van der Waals surface area contributed by atoms with Crippen LogP contribution in [0.2, 0.25) is 0 Å². The number of aliphatic hydroxyl groups is 2. The van der Waals surface area contributed by atoms with Crippen molar-refractivity contribution in [2.24, 2.45) is 5.41 Å². The SMILES string of the molecule is CC(O)(/C=C(\O)C(C)(C)C)C(=O)N1CCCCC1. The summed E-state index contributed by atoms with van der Waals surface area (Å²) in [5.41, 5.74) is -2.10. The molecule has 4 nitrogen and oxygen atoms in total. The number of likely N-dealkylation sites (tertiary alicyclic amines) is 1. The van der Waals surface area contributed by atoms with Crippen LogP contribution in [-0.2, 0) is 4.79 Å². The Bertz CT molecular complexity index is 333. The highest BCUT2D eigenvalue weighted by Crippen LogP contribution is 2.26. The third-order valence-corrected chi connectivity index (χ3v) is 3.26. The van der Waals surface area contributed by atoms with Gasteiger partial charge in [0.05, 0.1) is 5.76 Å². The molecule has 0 bridgehead atoms. The number of hydrogen-bond donors (Lipinski definition) is 2. The van der Waals surface area contributed by atoms with E-state index in [-0.39, 0.29) is 11.7 Å². The number of nitrogens with zero attached hydrogens (tertiary/aromatic N) is 1. The van der Waals surface area contributed by atoms with Crippen molar-refractivity contribution in [2.75, 3.05) is 13.1 Å². The van der Waals surface area contributed by atoms with Gasteiger partial charge in [-0.1, -0.05) is 20.8 Å². The third-order valence-electron chi connectivity index (χ3n) is 3.26. The first-order valence-corrected chi connectivity index (χ1v) is 6.58. The smallest absolute Gasteiger partial charge is 0.258 e. The second-order valence-corrected chi connectivity index (χ2v) is 6.28. The minimum absolute atomic E-state index is 0.0397. The van der Waals surface area contributed by atoms with Crippen LogP contribution in [0.5, 0.6) is 0 Å². The van der Waals surface area contributed by atoms with Gasteiger partial charge in [0.1, 0.15) is 0 Å². The molecule has 1 atom stereocenters. The van der Waals surface area contributed by atoms with Gasteiger partial charge in [0.15, 0.2) is 5.60 Å². The van der Waals surface area contributed by atoms with E-state index in [1.165, 1.54) is 13.0 Å². The third kappa shape index (κ3) is 3.73. The van der Waals surface area contributed by atoms with Crippen molar-refractivity contribution in [1.29, 1.82) is 0 Å². The number of amides is 1. The number of rotatable bonds is 2. The van der Waals surface area contributed by atoms with E-state index in [9.17, 15) is 15.0 Å². The molecule has 0 radical (unpaired) electrons. The number of hydrogen-bond acceptors (Lipinski definition) is 3. The molecule has 1 saturated heterocycles. The fourth-order valence-corrected chi connectivity index (χ4v) is 1.96. The molecule has 0 aliphatic carbocycles. The fraction of sp³-hybridized carbons (Fsp3) is 0.786. The van der Waals surface area contributed by atoms with Crippen LogP contribution in [0.4, 0.5) is 0 Å². The zero-order valence-corrected chi connectivity index (χ0v) is 11.9. The van der Waals surface area contributed by atoms with Gasteiger partial charge >= 0.3 is 0 Å². The fourth-order valence-electron chi connectivity index (χ4n) is 1.96. The quantitative estimate of drug-likeness (QED) is 0.744. The molecule has 2 N–H and O–H groups in total. The molecule has 1 aliphatic heterocycles. The zero-order chi connectivity index (χ0) is 14.0. The van der Waals surface area contributed by atoms with Crippen LogP contribution in [0, 0.1) is 5.41 Å². The van der Waals surface area contributed by atoms with Crippen molar-refractivity contribution >= 4 is 5.91 Å². The van der Waals surface area contributed by atoms with Crippen LogP contribution in [0.3, 0.4) is 0 Å². The summed E-state index contributed by atoms with van der Waals surface area (Å²) >= 11 is 0. The second kappa shape index (κ2) is 5.31. The van der Waals surface area contributed by atoms with Crippen molar-refractivity contribution in [3.63, 3.8) is 0 Å². The molecule has 104 valence electrons. The Morgan fingerprint density at radius 1 is 1.11 bits per heavy atom. The van der Waals surface area contributed by atoms with E-state index in [1.54, 1.807) is 4.90 Å². The van der Waals surface area contributed by atoms with Gasteiger partial charge in [-0.25, -0.2) is 0 Å². The Labute approximate surface area is 109 Å². The molecule has 1 unspecified atom stereocenters. The Morgan fingerprint density at radius 3 is 2.06 bits per heavy atom. The highest BCUT2D eigenvalue weighted by molar-refractivity contribution is 5.86. The lowest BCUT2D eigenvalue weighted by Crippen LogP contribution is -2.48. The summed E-state index contributed by atoms with van der Waals surface area (Å²) in [5.74, 6) is -0.282. The number of carbonyl (C=O) groups is 1. The lowest BCUT2D eigenvalue weighted by molar-refractivity contribution is -0.146. The van der Waals surface area contributed by atoms with E-state index < -0.39 is 11.0 Å². The van der Waals surface area contributed by atoms with Gasteiger partial charge < -0.3 is 15.1 Å². The van der Waals surface area contributed by atoms with Crippen LogP contribution < -0.4 is 0 Å². The molecule has 18 heavy (non-hydrogen) atoms. The Morgan fingerprint density at radius 2 is 1.61 bits per heavy atom. The molecule has 0 saturated carbocycles. The molecular weight excluding hydrogens is 230 g/mol. The largest absolute Gasteiger partial charge is 0.512 e. The maximum absolute atomic E-state index is 12.2. The summed E-state index contributed by atoms with van der Waals surface area (Å²) < 4.78 is 0. The molecule has 1 amide bonds.